The van der Waals surface area contributed by atoms with Gasteiger partial charge in [-0.05, 0) is 19.3 Å². The van der Waals surface area contributed by atoms with Crippen LogP contribution in [0.25, 0.3) is 0 Å². The Hall–Kier alpha value is -0.380. The van der Waals surface area contributed by atoms with Gasteiger partial charge in [-0.1, -0.05) is 6.42 Å². The number of nitrogens with one attached hydrogen (secondary N) is 1. The minimum absolute atomic E-state index is 0.0606. The van der Waals surface area contributed by atoms with Gasteiger partial charge in [0.1, 0.15) is 0 Å². The molecule has 2 rings (SSSR count). The average molecular weight is 214 g/mol. The summed E-state index contributed by atoms with van der Waals surface area (Å²) in [4.78, 5) is 4.36. The molecule has 1 unspecified atom stereocenters. The molecule has 3 nitrogen and oxygen atoms in total. The van der Waals surface area contributed by atoms with Crippen molar-refractivity contribution >= 4 is 16.6 Å². The second kappa shape index (κ2) is 4.01. The lowest BCUT2D eigenvalue weighted by Crippen LogP contribution is -2.50. The van der Waals surface area contributed by atoms with Crippen molar-refractivity contribution in [3.63, 3.8) is 0 Å². The van der Waals surface area contributed by atoms with Crippen molar-refractivity contribution in [1.29, 1.82) is 0 Å². The Morgan fingerprint density at radius 1 is 1.50 bits per heavy atom. The Kier molecular flexibility index (Phi) is 2.91. The molecule has 0 spiro atoms. The highest BCUT2D eigenvalue weighted by molar-refractivity contribution is 7.85. The molecule has 1 heterocycles. The molecule has 0 bridgehead atoms. The minimum Gasteiger partial charge on any atom is -0.372 e. The second-order valence-electron chi connectivity index (χ2n) is 4.28. The summed E-state index contributed by atoms with van der Waals surface area (Å²) in [5.74, 6) is 1.13. The zero-order chi connectivity index (χ0) is 10.0. The maximum absolute atomic E-state index is 11.6. The van der Waals surface area contributed by atoms with Gasteiger partial charge in [-0.15, -0.1) is 0 Å². The molecule has 1 fully saturated rings. The molecule has 0 radical (unpaired) electrons. The first kappa shape index (κ1) is 10.1. The molecule has 1 aliphatic heterocycles. The number of amidine groups is 1. The van der Waals surface area contributed by atoms with E-state index in [0.717, 1.165) is 38.2 Å². The summed E-state index contributed by atoms with van der Waals surface area (Å²) >= 11 is 0. The summed E-state index contributed by atoms with van der Waals surface area (Å²) in [6.45, 7) is 1.82. The van der Waals surface area contributed by atoms with Gasteiger partial charge in [0.2, 0.25) is 0 Å². The minimum atomic E-state index is -0.700. The van der Waals surface area contributed by atoms with Gasteiger partial charge in [0, 0.05) is 36.6 Å². The molecule has 0 aromatic rings. The number of aliphatic imine (C=N–C) groups is 1. The highest BCUT2D eigenvalue weighted by Crippen LogP contribution is 2.36. The lowest BCUT2D eigenvalue weighted by molar-refractivity contribution is 0.350. The molecule has 14 heavy (non-hydrogen) atoms. The first-order chi connectivity index (χ1) is 6.73. The third-order valence-electron chi connectivity index (χ3n) is 3.36. The zero-order valence-electron chi connectivity index (χ0n) is 8.71. The van der Waals surface area contributed by atoms with E-state index < -0.39 is 10.8 Å². The van der Waals surface area contributed by atoms with E-state index in [2.05, 4.69) is 10.3 Å². The molecule has 1 atom stereocenters. The van der Waals surface area contributed by atoms with Crippen LogP contribution in [-0.2, 0) is 10.8 Å². The Balaban J connectivity index is 1.86. The predicted molar refractivity (Wildman–Crippen MR) is 60.2 cm³/mol. The van der Waals surface area contributed by atoms with Crippen LogP contribution in [-0.4, -0.2) is 34.1 Å². The molecule has 0 saturated heterocycles. The maximum Gasteiger partial charge on any atom is 0.0964 e. The SMILES string of the molecule is CS(=O)C1(CNC2=NCCC2)CCC1. The van der Waals surface area contributed by atoms with Crippen molar-refractivity contribution in [2.24, 2.45) is 4.99 Å². The van der Waals surface area contributed by atoms with E-state index in [0.29, 0.717) is 0 Å². The highest BCUT2D eigenvalue weighted by Gasteiger charge is 2.40. The number of nitrogens with zero attached hydrogens (tertiary/aromatic N) is 1. The van der Waals surface area contributed by atoms with Crippen molar-refractivity contribution in [2.75, 3.05) is 19.3 Å². The second-order valence-corrected chi connectivity index (χ2v) is 6.05. The van der Waals surface area contributed by atoms with Crippen molar-refractivity contribution in [3.8, 4) is 0 Å². The van der Waals surface area contributed by atoms with Crippen molar-refractivity contribution in [2.45, 2.75) is 36.9 Å². The van der Waals surface area contributed by atoms with Crippen molar-refractivity contribution < 1.29 is 4.21 Å². The van der Waals surface area contributed by atoms with Gasteiger partial charge in [-0.3, -0.25) is 9.20 Å². The van der Waals surface area contributed by atoms with E-state index >= 15 is 0 Å². The van der Waals surface area contributed by atoms with Crippen LogP contribution >= 0.6 is 0 Å². The smallest absolute Gasteiger partial charge is 0.0964 e. The molecule has 2 aliphatic rings. The topological polar surface area (TPSA) is 41.5 Å². The van der Waals surface area contributed by atoms with Crippen LogP contribution in [0, 0.1) is 0 Å². The van der Waals surface area contributed by atoms with Crippen LogP contribution in [0.4, 0.5) is 0 Å². The summed E-state index contributed by atoms with van der Waals surface area (Å²) < 4.78 is 11.6. The van der Waals surface area contributed by atoms with E-state index in [1.165, 1.54) is 12.8 Å². The monoisotopic (exact) mass is 214 g/mol. The number of hydrogen-bond acceptors (Lipinski definition) is 3. The van der Waals surface area contributed by atoms with Gasteiger partial charge in [0.25, 0.3) is 0 Å². The molecule has 1 N–H and O–H groups in total. The quantitative estimate of drug-likeness (QED) is 0.763. The van der Waals surface area contributed by atoms with Crippen LogP contribution < -0.4 is 5.32 Å². The molecule has 1 saturated carbocycles. The first-order valence-corrected chi connectivity index (χ1v) is 6.89. The average Bonchev–Trinajstić information content (AvgIpc) is 2.53. The zero-order valence-corrected chi connectivity index (χ0v) is 9.53. The molecule has 0 aromatic heterocycles. The first-order valence-electron chi connectivity index (χ1n) is 5.34. The fraction of sp³-hybridized carbons (Fsp3) is 0.900. The molecule has 0 aromatic carbocycles. The Morgan fingerprint density at radius 3 is 2.71 bits per heavy atom. The third kappa shape index (κ3) is 1.85. The van der Waals surface area contributed by atoms with Crippen LogP contribution in [0.15, 0.2) is 4.99 Å². The van der Waals surface area contributed by atoms with Gasteiger partial charge in [0.15, 0.2) is 0 Å². The van der Waals surface area contributed by atoms with Crippen molar-refractivity contribution in [3.05, 3.63) is 0 Å². The summed E-state index contributed by atoms with van der Waals surface area (Å²) in [5.41, 5.74) is 0. The Morgan fingerprint density at radius 2 is 2.29 bits per heavy atom. The Bertz CT molecular complexity index is 271. The highest BCUT2D eigenvalue weighted by atomic mass is 32.2. The summed E-state index contributed by atoms with van der Waals surface area (Å²) in [6, 6.07) is 0. The fourth-order valence-corrected chi connectivity index (χ4v) is 3.22. The molecular weight excluding hydrogens is 196 g/mol. The standard InChI is InChI=1S/C10H18N2OS/c1-14(13)10(5-3-6-10)8-12-9-4-2-7-11-9/h2-8H2,1H3,(H,11,12). The molecule has 80 valence electrons. The molecular formula is C10H18N2OS. The molecule has 0 amide bonds. The van der Waals surface area contributed by atoms with Gasteiger partial charge < -0.3 is 5.32 Å². The number of hydrogen-bond donors (Lipinski definition) is 1. The van der Waals surface area contributed by atoms with E-state index in [-0.39, 0.29) is 4.75 Å². The van der Waals surface area contributed by atoms with Gasteiger partial charge >= 0.3 is 0 Å². The lowest BCUT2D eigenvalue weighted by atomic mass is 9.84. The van der Waals surface area contributed by atoms with Gasteiger partial charge in [0.05, 0.1) is 10.6 Å². The Labute approximate surface area is 87.8 Å². The fourth-order valence-electron chi connectivity index (χ4n) is 2.08. The largest absolute Gasteiger partial charge is 0.372 e. The summed E-state index contributed by atoms with van der Waals surface area (Å²) in [7, 11) is -0.700. The summed E-state index contributed by atoms with van der Waals surface area (Å²) in [5, 5.41) is 3.36. The molecule has 1 aliphatic carbocycles. The van der Waals surface area contributed by atoms with Gasteiger partial charge in [-0.2, -0.15) is 0 Å². The predicted octanol–water partition coefficient (Wildman–Crippen LogP) is 1.07. The van der Waals surface area contributed by atoms with E-state index in [1.807, 2.05) is 6.26 Å². The summed E-state index contributed by atoms with van der Waals surface area (Å²) in [6.07, 6.45) is 7.52. The molecule has 4 heteroatoms. The van der Waals surface area contributed by atoms with Crippen LogP contribution in [0.5, 0.6) is 0 Å². The van der Waals surface area contributed by atoms with Gasteiger partial charge in [-0.25, -0.2) is 0 Å². The van der Waals surface area contributed by atoms with Crippen LogP contribution in [0.2, 0.25) is 0 Å². The van der Waals surface area contributed by atoms with E-state index in [4.69, 9.17) is 0 Å². The van der Waals surface area contributed by atoms with Crippen molar-refractivity contribution in [1.82, 2.24) is 5.32 Å². The maximum atomic E-state index is 11.6. The van der Waals surface area contributed by atoms with E-state index in [1.54, 1.807) is 0 Å². The normalized spacial score (nSPS) is 26.5. The number of rotatable bonds is 3. The van der Waals surface area contributed by atoms with Crippen LogP contribution in [0.3, 0.4) is 0 Å². The lowest BCUT2D eigenvalue weighted by Gasteiger charge is -2.40. The third-order valence-corrected chi connectivity index (χ3v) is 5.14. The van der Waals surface area contributed by atoms with Crippen LogP contribution in [0.1, 0.15) is 32.1 Å². The van der Waals surface area contributed by atoms with E-state index in [9.17, 15) is 4.21 Å².